The number of phenolic OH excluding ortho intramolecular Hbond substituents is 2. The third-order valence-corrected chi connectivity index (χ3v) is 6.65. The number of para-hydroxylation sites is 2. The standard InChI is InChI=1S/C30H32N2O3/c33-24-12-9-22(10-13-24)26-15-11-23-21-25(34)14-16-27(23)30(26)35-29-8-3-2-7-28(29)31-17-6-20-32-18-4-1-5-19-32/h2-3,7-16,21,31,33-34H,1,4-6,17-20H2. The SMILES string of the molecule is Oc1ccc(-c2ccc3cc(O)ccc3c2Oc2ccccc2NCCCN2CCCCC2)cc1. The summed E-state index contributed by atoms with van der Waals surface area (Å²) in [5.41, 5.74) is 2.82. The number of rotatable bonds is 8. The van der Waals surface area contributed by atoms with Crippen LogP contribution in [0.5, 0.6) is 23.0 Å². The molecule has 0 spiro atoms. The number of hydrogen-bond donors (Lipinski definition) is 3. The molecule has 5 heteroatoms. The highest BCUT2D eigenvalue weighted by molar-refractivity contribution is 5.96. The van der Waals surface area contributed by atoms with Crippen LogP contribution in [0.1, 0.15) is 25.7 Å². The van der Waals surface area contributed by atoms with E-state index in [2.05, 4.69) is 10.2 Å². The first-order valence-corrected chi connectivity index (χ1v) is 12.5. The summed E-state index contributed by atoms with van der Waals surface area (Å²) in [6, 6.07) is 24.4. The van der Waals surface area contributed by atoms with Crippen molar-refractivity contribution in [3.63, 3.8) is 0 Å². The summed E-state index contributed by atoms with van der Waals surface area (Å²) in [5, 5.41) is 25.1. The zero-order valence-corrected chi connectivity index (χ0v) is 19.9. The minimum absolute atomic E-state index is 0.219. The lowest BCUT2D eigenvalue weighted by atomic mass is 9.99. The van der Waals surface area contributed by atoms with E-state index in [1.165, 1.54) is 32.4 Å². The van der Waals surface area contributed by atoms with Crippen LogP contribution in [0, 0.1) is 0 Å². The minimum Gasteiger partial charge on any atom is -0.508 e. The molecule has 180 valence electrons. The van der Waals surface area contributed by atoms with Crippen LogP contribution in [0.3, 0.4) is 0 Å². The van der Waals surface area contributed by atoms with Crippen LogP contribution in [-0.2, 0) is 0 Å². The summed E-state index contributed by atoms with van der Waals surface area (Å²) in [4.78, 5) is 2.56. The van der Waals surface area contributed by atoms with Gasteiger partial charge in [-0.05, 0) is 98.4 Å². The van der Waals surface area contributed by atoms with Crippen molar-refractivity contribution in [2.75, 3.05) is 31.5 Å². The van der Waals surface area contributed by atoms with Gasteiger partial charge in [-0.15, -0.1) is 0 Å². The summed E-state index contributed by atoms with van der Waals surface area (Å²) < 4.78 is 6.61. The van der Waals surface area contributed by atoms with Crippen LogP contribution in [0.15, 0.2) is 78.9 Å². The molecule has 4 aromatic rings. The molecule has 1 saturated heterocycles. The van der Waals surface area contributed by atoms with Gasteiger partial charge in [0.15, 0.2) is 5.75 Å². The van der Waals surface area contributed by atoms with E-state index in [-0.39, 0.29) is 11.5 Å². The van der Waals surface area contributed by atoms with Gasteiger partial charge in [0.2, 0.25) is 0 Å². The molecule has 0 aliphatic carbocycles. The first-order chi connectivity index (χ1) is 17.2. The quantitative estimate of drug-likeness (QED) is 0.243. The van der Waals surface area contributed by atoms with Gasteiger partial charge >= 0.3 is 0 Å². The van der Waals surface area contributed by atoms with Crippen molar-refractivity contribution in [3.05, 3.63) is 78.9 Å². The Bertz CT molecular complexity index is 1280. The van der Waals surface area contributed by atoms with Crippen molar-refractivity contribution in [1.29, 1.82) is 0 Å². The highest BCUT2D eigenvalue weighted by Crippen LogP contribution is 2.42. The average molecular weight is 469 g/mol. The van der Waals surface area contributed by atoms with Crippen LogP contribution in [-0.4, -0.2) is 41.3 Å². The Morgan fingerprint density at radius 3 is 2.40 bits per heavy atom. The molecule has 0 amide bonds. The molecule has 0 saturated carbocycles. The smallest absolute Gasteiger partial charge is 0.150 e. The minimum atomic E-state index is 0.219. The number of nitrogens with zero attached hydrogens (tertiary/aromatic N) is 1. The largest absolute Gasteiger partial charge is 0.508 e. The molecule has 35 heavy (non-hydrogen) atoms. The van der Waals surface area contributed by atoms with E-state index in [0.29, 0.717) is 0 Å². The zero-order valence-electron chi connectivity index (χ0n) is 19.9. The van der Waals surface area contributed by atoms with E-state index in [0.717, 1.165) is 58.6 Å². The molecular weight excluding hydrogens is 436 g/mol. The average Bonchev–Trinajstić information content (AvgIpc) is 2.89. The van der Waals surface area contributed by atoms with E-state index in [1.54, 1.807) is 24.3 Å². The highest BCUT2D eigenvalue weighted by Gasteiger charge is 2.15. The molecule has 3 N–H and O–H groups in total. The van der Waals surface area contributed by atoms with Crippen molar-refractivity contribution in [3.8, 4) is 34.1 Å². The molecule has 1 aliphatic heterocycles. The first kappa shape index (κ1) is 23.1. The van der Waals surface area contributed by atoms with E-state index < -0.39 is 0 Å². The van der Waals surface area contributed by atoms with E-state index in [1.807, 2.05) is 54.6 Å². The number of aromatic hydroxyl groups is 2. The number of anilines is 1. The predicted molar refractivity (Wildman–Crippen MR) is 143 cm³/mol. The summed E-state index contributed by atoms with van der Waals surface area (Å²) >= 11 is 0. The molecule has 0 radical (unpaired) electrons. The van der Waals surface area contributed by atoms with Crippen molar-refractivity contribution in [2.24, 2.45) is 0 Å². The van der Waals surface area contributed by atoms with Crippen LogP contribution in [0.2, 0.25) is 0 Å². The van der Waals surface area contributed by atoms with Crippen molar-refractivity contribution < 1.29 is 14.9 Å². The Morgan fingerprint density at radius 1 is 0.800 bits per heavy atom. The fourth-order valence-corrected chi connectivity index (χ4v) is 4.79. The molecule has 5 nitrogen and oxygen atoms in total. The molecular formula is C30H32N2O3. The second-order valence-corrected chi connectivity index (χ2v) is 9.18. The number of ether oxygens (including phenoxy) is 1. The molecule has 1 aliphatic rings. The van der Waals surface area contributed by atoms with Crippen LogP contribution in [0.25, 0.3) is 21.9 Å². The molecule has 0 atom stereocenters. The molecule has 4 aromatic carbocycles. The lowest BCUT2D eigenvalue weighted by molar-refractivity contribution is 0.228. The topological polar surface area (TPSA) is 65.0 Å². The third kappa shape index (κ3) is 5.52. The van der Waals surface area contributed by atoms with E-state index in [9.17, 15) is 10.2 Å². The number of benzene rings is 4. The number of fused-ring (bicyclic) bond motifs is 1. The maximum atomic E-state index is 10.0. The molecule has 1 heterocycles. The maximum Gasteiger partial charge on any atom is 0.150 e. The fraction of sp³-hybridized carbons (Fsp3) is 0.267. The molecule has 0 aromatic heterocycles. The lowest BCUT2D eigenvalue weighted by Gasteiger charge is -2.26. The number of likely N-dealkylation sites (tertiary alicyclic amines) is 1. The Labute approximate surface area is 206 Å². The van der Waals surface area contributed by atoms with Gasteiger partial charge < -0.3 is 25.2 Å². The van der Waals surface area contributed by atoms with Gasteiger partial charge in [0.25, 0.3) is 0 Å². The van der Waals surface area contributed by atoms with Crippen molar-refractivity contribution >= 4 is 16.5 Å². The van der Waals surface area contributed by atoms with Gasteiger partial charge in [0.05, 0.1) is 5.69 Å². The van der Waals surface area contributed by atoms with Gasteiger partial charge in [0.1, 0.15) is 17.2 Å². The second-order valence-electron chi connectivity index (χ2n) is 9.18. The monoisotopic (exact) mass is 468 g/mol. The van der Waals surface area contributed by atoms with E-state index in [4.69, 9.17) is 4.74 Å². The molecule has 0 unspecified atom stereocenters. The number of hydrogen-bond acceptors (Lipinski definition) is 5. The maximum absolute atomic E-state index is 10.0. The van der Waals surface area contributed by atoms with Gasteiger partial charge in [0, 0.05) is 17.5 Å². The predicted octanol–water partition coefficient (Wildman–Crippen LogP) is 7.00. The Hall–Kier alpha value is -3.70. The normalized spacial score (nSPS) is 14.2. The summed E-state index contributed by atoms with van der Waals surface area (Å²) in [5.74, 6) is 1.92. The van der Waals surface area contributed by atoms with Crippen LogP contribution < -0.4 is 10.1 Å². The Kier molecular flexibility index (Phi) is 7.05. The fourth-order valence-electron chi connectivity index (χ4n) is 4.79. The molecule has 1 fully saturated rings. The van der Waals surface area contributed by atoms with Crippen molar-refractivity contribution in [2.45, 2.75) is 25.7 Å². The molecule has 5 rings (SSSR count). The summed E-state index contributed by atoms with van der Waals surface area (Å²) in [6.45, 7) is 4.44. The number of nitrogens with one attached hydrogen (secondary N) is 1. The lowest BCUT2D eigenvalue weighted by Crippen LogP contribution is -2.31. The second kappa shape index (κ2) is 10.7. The Balaban J connectivity index is 1.41. The zero-order chi connectivity index (χ0) is 24.0. The Morgan fingerprint density at radius 2 is 1.57 bits per heavy atom. The van der Waals surface area contributed by atoms with Gasteiger partial charge in [-0.3, -0.25) is 0 Å². The van der Waals surface area contributed by atoms with E-state index >= 15 is 0 Å². The van der Waals surface area contributed by atoms with Gasteiger partial charge in [-0.1, -0.05) is 36.8 Å². The summed E-state index contributed by atoms with van der Waals surface area (Å²) in [7, 11) is 0. The number of phenols is 2. The number of piperidine rings is 1. The van der Waals surface area contributed by atoms with Gasteiger partial charge in [-0.2, -0.15) is 0 Å². The first-order valence-electron chi connectivity index (χ1n) is 12.5. The van der Waals surface area contributed by atoms with Crippen molar-refractivity contribution in [1.82, 2.24) is 4.90 Å². The molecule has 0 bridgehead atoms. The third-order valence-electron chi connectivity index (χ3n) is 6.65. The highest BCUT2D eigenvalue weighted by atomic mass is 16.5. The van der Waals surface area contributed by atoms with Crippen LogP contribution >= 0.6 is 0 Å². The summed E-state index contributed by atoms with van der Waals surface area (Å²) in [6.07, 6.45) is 5.08. The van der Waals surface area contributed by atoms with Crippen LogP contribution in [0.4, 0.5) is 5.69 Å². The van der Waals surface area contributed by atoms with Gasteiger partial charge in [-0.25, -0.2) is 0 Å².